The zero-order valence-corrected chi connectivity index (χ0v) is 20.1. The Balaban J connectivity index is 1.46. The highest BCUT2D eigenvalue weighted by molar-refractivity contribution is 8.02. The first-order chi connectivity index (χ1) is 15.8. The van der Waals surface area contributed by atoms with E-state index in [1.165, 1.54) is 81.5 Å². The van der Waals surface area contributed by atoms with Crippen molar-refractivity contribution in [2.75, 3.05) is 39.3 Å². The highest BCUT2D eigenvalue weighted by atomic mass is 32.2. The lowest BCUT2D eigenvalue weighted by Gasteiger charge is -2.33. The van der Waals surface area contributed by atoms with Gasteiger partial charge in [-0.05, 0) is 69.4 Å². The molecule has 0 radical (unpaired) electrons. The molecule has 3 nitrogen and oxygen atoms in total. The Bertz CT molecular complexity index is 872. The minimum atomic E-state index is -0.176. The van der Waals surface area contributed by atoms with Crippen molar-refractivity contribution in [1.82, 2.24) is 9.80 Å². The molecule has 32 heavy (non-hydrogen) atoms. The van der Waals surface area contributed by atoms with Crippen molar-refractivity contribution in [3.8, 4) is 0 Å². The molecule has 0 N–H and O–H groups in total. The Labute approximate surface area is 198 Å². The third kappa shape index (κ3) is 5.13. The van der Waals surface area contributed by atoms with Crippen LogP contribution in [0.4, 0.5) is 0 Å². The summed E-state index contributed by atoms with van der Waals surface area (Å²) in [7, 11) is 0. The van der Waals surface area contributed by atoms with Crippen LogP contribution in [-0.4, -0.2) is 60.0 Å². The van der Waals surface area contributed by atoms with Gasteiger partial charge in [-0.1, -0.05) is 73.5 Å². The average molecular weight is 448 g/mol. The molecule has 0 aliphatic carbocycles. The summed E-state index contributed by atoms with van der Waals surface area (Å²) in [6, 6.07) is 22.1. The fourth-order valence-corrected chi connectivity index (χ4v) is 7.22. The van der Waals surface area contributed by atoms with Gasteiger partial charge in [-0.2, -0.15) is 0 Å². The second-order valence-corrected chi connectivity index (χ2v) is 11.1. The predicted molar refractivity (Wildman–Crippen MR) is 138 cm³/mol. The molecular weight excluding hydrogens is 410 g/mol. The lowest BCUT2D eigenvalue weighted by molar-refractivity contribution is 0.218. The highest BCUT2D eigenvalue weighted by Gasteiger charge is 2.44. The standard InChI is InChI=1S/C28H37N3S/c1-5-13-24(14-6-1)27-26(23-31-20-11-4-12-21-31)32-28(29-27,25-15-7-2-8-16-25)17-22-30-18-9-3-10-19-30/h1-2,5-8,13-16,26H,3-4,9-12,17-23H2. The van der Waals surface area contributed by atoms with Crippen molar-refractivity contribution in [3.63, 3.8) is 0 Å². The lowest BCUT2D eigenvalue weighted by Crippen LogP contribution is -2.38. The molecule has 4 heteroatoms. The molecule has 2 aromatic carbocycles. The van der Waals surface area contributed by atoms with Crippen molar-refractivity contribution in [2.45, 2.75) is 55.1 Å². The molecule has 3 aliphatic heterocycles. The van der Waals surface area contributed by atoms with Crippen molar-refractivity contribution in [2.24, 2.45) is 4.99 Å². The normalized spacial score (nSPS) is 27.4. The van der Waals surface area contributed by atoms with Crippen molar-refractivity contribution >= 4 is 17.5 Å². The summed E-state index contributed by atoms with van der Waals surface area (Å²) < 4.78 is 0. The molecular formula is C28H37N3S. The maximum atomic E-state index is 5.62. The number of hydrogen-bond acceptors (Lipinski definition) is 4. The Kier molecular flexibility index (Phi) is 7.31. The Morgan fingerprint density at radius 3 is 2.00 bits per heavy atom. The second kappa shape index (κ2) is 10.5. The van der Waals surface area contributed by atoms with E-state index in [0.29, 0.717) is 5.25 Å². The summed E-state index contributed by atoms with van der Waals surface area (Å²) in [6.07, 6.45) is 9.25. The second-order valence-electron chi connectivity index (χ2n) is 9.63. The van der Waals surface area contributed by atoms with Crippen LogP contribution in [0.5, 0.6) is 0 Å². The van der Waals surface area contributed by atoms with Crippen LogP contribution in [0.25, 0.3) is 0 Å². The lowest BCUT2D eigenvalue weighted by atomic mass is 10.0. The molecule has 0 bridgehead atoms. The molecule has 3 aliphatic rings. The smallest absolute Gasteiger partial charge is 0.133 e. The van der Waals surface area contributed by atoms with Gasteiger partial charge in [-0.25, -0.2) is 0 Å². The van der Waals surface area contributed by atoms with Gasteiger partial charge >= 0.3 is 0 Å². The van der Waals surface area contributed by atoms with Crippen LogP contribution in [0.3, 0.4) is 0 Å². The van der Waals surface area contributed by atoms with Gasteiger partial charge < -0.3 is 9.80 Å². The molecule has 2 fully saturated rings. The predicted octanol–water partition coefficient (Wildman–Crippen LogP) is 5.81. The number of nitrogens with zero attached hydrogens (tertiary/aromatic N) is 3. The van der Waals surface area contributed by atoms with Crippen LogP contribution in [0.1, 0.15) is 56.1 Å². The van der Waals surface area contributed by atoms with Crippen molar-refractivity contribution < 1.29 is 0 Å². The van der Waals surface area contributed by atoms with E-state index in [1.54, 1.807) is 0 Å². The van der Waals surface area contributed by atoms with Gasteiger partial charge in [0.2, 0.25) is 0 Å². The zero-order chi connectivity index (χ0) is 21.6. The van der Waals surface area contributed by atoms with E-state index in [0.717, 1.165) is 19.5 Å². The monoisotopic (exact) mass is 447 g/mol. The third-order valence-corrected chi connectivity index (χ3v) is 8.90. The van der Waals surface area contributed by atoms with Gasteiger partial charge in [0.05, 0.1) is 11.0 Å². The number of thioether (sulfide) groups is 1. The fraction of sp³-hybridized carbons (Fsp3) is 0.536. The molecule has 2 saturated heterocycles. The summed E-state index contributed by atoms with van der Waals surface area (Å²) >= 11 is 2.12. The average Bonchev–Trinajstić information content (AvgIpc) is 3.25. The Morgan fingerprint density at radius 2 is 1.34 bits per heavy atom. The van der Waals surface area contributed by atoms with Crippen LogP contribution in [0, 0.1) is 0 Å². The van der Waals surface area contributed by atoms with Crippen LogP contribution in [0.2, 0.25) is 0 Å². The maximum Gasteiger partial charge on any atom is 0.133 e. The van der Waals surface area contributed by atoms with E-state index >= 15 is 0 Å². The number of hydrogen-bond donors (Lipinski definition) is 0. The number of benzene rings is 2. The molecule has 0 spiro atoms. The van der Waals surface area contributed by atoms with Crippen LogP contribution in [0.15, 0.2) is 65.7 Å². The Morgan fingerprint density at radius 1 is 0.750 bits per heavy atom. The number of rotatable bonds is 7. The number of likely N-dealkylation sites (tertiary alicyclic amines) is 2. The van der Waals surface area contributed by atoms with Crippen LogP contribution < -0.4 is 0 Å². The first-order valence-electron chi connectivity index (χ1n) is 12.7. The molecule has 2 atom stereocenters. The molecule has 2 unspecified atom stereocenters. The third-order valence-electron chi connectivity index (χ3n) is 7.33. The van der Waals surface area contributed by atoms with E-state index in [2.05, 4.69) is 82.2 Å². The van der Waals surface area contributed by atoms with E-state index in [-0.39, 0.29) is 4.87 Å². The van der Waals surface area contributed by atoms with Gasteiger partial charge in [0.1, 0.15) is 4.87 Å². The molecule has 0 saturated carbocycles. The van der Waals surface area contributed by atoms with Crippen LogP contribution >= 0.6 is 11.8 Å². The summed E-state index contributed by atoms with van der Waals surface area (Å²) in [5, 5.41) is 0.428. The zero-order valence-electron chi connectivity index (χ0n) is 19.3. The summed E-state index contributed by atoms with van der Waals surface area (Å²) in [6.45, 7) is 7.25. The molecule has 5 rings (SSSR count). The topological polar surface area (TPSA) is 18.8 Å². The molecule has 2 aromatic rings. The van der Waals surface area contributed by atoms with Gasteiger partial charge in [0.25, 0.3) is 0 Å². The van der Waals surface area contributed by atoms with E-state index in [1.807, 2.05) is 0 Å². The first-order valence-corrected chi connectivity index (χ1v) is 13.5. The molecule has 170 valence electrons. The minimum Gasteiger partial charge on any atom is -0.303 e. The van der Waals surface area contributed by atoms with Crippen LogP contribution in [-0.2, 0) is 4.87 Å². The summed E-state index contributed by atoms with van der Waals surface area (Å²) in [5.74, 6) is 0. The summed E-state index contributed by atoms with van der Waals surface area (Å²) in [5.41, 5.74) is 3.98. The molecule has 0 aromatic heterocycles. The fourth-order valence-electron chi connectivity index (χ4n) is 5.53. The molecule has 0 amide bonds. The van der Waals surface area contributed by atoms with Gasteiger partial charge in [-0.15, -0.1) is 11.8 Å². The minimum absolute atomic E-state index is 0.176. The van der Waals surface area contributed by atoms with Crippen molar-refractivity contribution in [3.05, 3.63) is 71.8 Å². The van der Waals surface area contributed by atoms with Gasteiger partial charge in [0, 0.05) is 13.1 Å². The SMILES string of the molecule is c1ccc(C2=NC(CCN3CCCCC3)(c3ccccc3)SC2CN2CCCCC2)cc1. The maximum absolute atomic E-state index is 5.62. The largest absolute Gasteiger partial charge is 0.303 e. The van der Waals surface area contributed by atoms with Gasteiger partial charge in [-0.3, -0.25) is 4.99 Å². The van der Waals surface area contributed by atoms with E-state index in [4.69, 9.17) is 4.99 Å². The van der Waals surface area contributed by atoms with Gasteiger partial charge in [0.15, 0.2) is 0 Å². The highest BCUT2D eigenvalue weighted by Crippen LogP contribution is 2.50. The molecule has 3 heterocycles. The quantitative estimate of drug-likeness (QED) is 0.534. The van der Waals surface area contributed by atoms with Crippen molar-refractivity contribution in [1.29, 1.82) is 0 Å². The Hall–Kier alpha value is -1.62. The summed E-state index contributed by atoms with van der Waals surface area (Å²) in [4.78, 5) is 10.8. The van der Waals surface area contributed by atoms with E-state index < -0.39 is 0 Å². The van der Waals surface area contributed by atoms with E-state index in [9.17, 15) is 0 Å². The number of aliphatic imine (C=N–C) groups is 1. The number of piperidine rings is 2. The first kappa shape index (κ1) is 22.2.